The molecule has 5 heterocycles. The van der Waals surface area contributed by atoms with E-state index in [0.717, 1.165) is 60.6 Å². The highest BCUT2D eigenvalue weighted by Crippen LogP contribution is 2.45. The van der Waals surface area contributed by atoms with E-state index in [4.69, 9.17) is 4.74 Å². The summed E-state index contributed by atoms with van der Waals surface area (Å²) in [4.78, 5) is 0. The Hall–Kier alpha value is -0.440. The van der Waals surface area contributed by atoms with Gasteiger partial charge in [-0.1, -0.05) is 51.4 Å². The Morgan fingerprint density at radius 1 is 0.333 bits per heavy atom. The zero-order chi connectivity index (χ0) is 35.2. The lowest BCUT2D eigenvalue weighted by Gasteiger charge is -2.35. The SMILES string of the molecule is C1CCC2C3NC(NC4NC(NC5NC(NC6NC(N3)C3CCCCC63)C3CCCCC53)C3CCCCC43)C2C1.CCOCC.COCCOC. The van der Waals surface area contributed by atoms with E-state index in [1.807, 2.05) is 13.8 Å². The number of ether oxygens (including phenoxy) is 3. The van der Waals surface area contributed by atoms with E-state index in [1.165, 1.54) is 103 Å². The van der Waals surface area contributed by atoms with Crippen molar-refractivity contribution in [3.8, 4) is 0 Å². The fourth-order valence-electron chi connectivity index (χ4n) is 12.3. The van der Waals surface area contributed by atoms with E-state index in [0.29, 0.717) is 62.5 Å². The molecule has 0 spiro atoms. The fraction of sp³-hybridized carbons (Fsp3) is 1.00. The summed E-state index contributed by atoms with van der Waals surface area (Å²) in [6.07, 6.45) is 25.6. The van der Waals surface area contributed by atoms with Crippen LogP contribution in [0.25, 0.3) is 0 Å². The first-order valence-electron chi connectivity index (χ1n) is 21.8. The van der Waals surface area contributed by atoms with Gasteiger partial charge in [0.25, 0.3) is 0 Å². The molecule has 4 saturated carbocycles. The number of methoxy groups -OCH3 is 2. The average Bonchev–Trinajstić information content (AvgIpc) is 3.91. The summed E-state index contributed by atoms with van der Waals surface area (Å²) in [6.45, 7) is 7.05. The lowest BCUT2D eigenvalue weighted by Crippen LogP contribution is -2.61. The molecule has 8 N–H and O–H groups in total. The van der Waals surface area contributed by atoms with Crippen molar-refractivity contribution < 1.29 is 14.2 Å². The van der Waals surface area contributed by atoms with Gasteiger partial charge in [-0.05, 0) is 113 Å². The molecule has 9 rings (SSSR count). The molecule has 11 nitrogen and oxygen atoms in total. The van der Waals surface area contributed by atoms with Crippen molar-refractivity contribution in [1.82, 2.24) is 42.5 Å². The van der Waals surface area contributed by atoms with Gasteiger partial charge in [0.1, 0.15) is 0 Å². The number of hydrogen-bond donors (Lipinski definition) is 8. The third kappa shape index (κ3) is 8.85. The van der Waals surface area contributed by atoms with Gasteiger partial charge in [-0.2, -0.15) is 0 Å². The van der Waals surface area contributed by atoms with Crippen LogP contribution in [-0.2, 0) is 14.2 Å². The summed E-state index contributed by atoms with van der Waals surface area (Å²) < 4.78 is 14.1. The van der Waals surface area contributed by atoms with Gasteiger partial charge in [0.2, 0.25) is 0 Å². The fourth-order valence-corrected chi connectivity index (χ4v) is 12.3. The summed E-state index contributed by atoms with van der Waals surface area (Å²) >= 11 is 0. The van der Waals surface area contributed by atoms with E-state index in [2.05, 4.69) is 52.0 Å². The minimum Gasteiger partial charge on any atom is -0.382 e. The maximum atomic E-state index is 4.83. The minimum atomic E-state index is 0.420. The average molecular weight is 717 g/mol. The first-order chi connectivity index (χ1) is 25.1. The Kier molecular flexibility index (Phi) is 14.4. The van der Waals surface area contributed by atoms with E-state index in [-0.39, 0.29) is 0 Å². The zero-order valence-electron chi connectivity index (χ0n) is 32.6. The van der Waals surface area contributed by atoms with Gasteiger partial charge in [-0.25, -0.2) is 0 Å². The third-order valence-electron chi connectivity index (χ3n) is 14.7. The molecule has 4 aliphatic carbocycles. The van der Waals surface area contributed by atoms with E-state index < -0.39 is 0 Å². The van der Waals surface area contributed by atoms with Crippen LogP contribution in [0.3, 0.4) is 0 Å². The normalized spacial score (nSPS) is 47.1. The predicted molar refractivity (Wildman–Crippen MR) is 203 cm³/mol. The smallest absolute Gasteiger partial charge is 0.0696 e. The van der Waals surface area contributed by atoms with Crippen molar-refractivity contribution in [3.63, 3.8) is 0 Å². The second-order valence-corrected chi connectivity index (χ2v) is 17.4. The Morgan fingerprint density at radius 3 is 0.627 bits per heavy atom. The lowest BCUT2D eigenvalue weighted by molar-refractivity contribution is 0.103. The molecule has 8 atom stereocenters. The molecule has 8 bridgehead atoms. The Morgan fingerprint density at radius 2 is 0.510 bits per heavy atom. The first-order valence-corrected chi connectivity index (χ1v) is 21.8. The topological polar surface area (TPSA) is 124 Å². The molecule has 5 aliphatic heterocycles. The van der Waals surface area contributed by atoms with Crippen LogP contribution < -0.4 is 42.5 Å². The van der Waals surface area contributed by atoms with Crippen LogP contribution in [0, 0.1) is 47.3 Å². The summed E-state index contributed by atoms with van der Waals surface area (Å²) in [5, 5.41) is 33.8. The van der Waals surface area contributed by atoms with Crippen molar-refractivity contribution in [2.75, 3.05) is 40.6 Å². The van der Waals surface area contributed by atoms with Crippen molar-refractivity contribution >= 4 is 0 Å². The van der Waals surface area contributed by atoms with Crippen LogP contribution in [0.1, 0.15) is 117 Å². The van der Waals surface area contributed by atoms with Crippen LogP contribution in [0.2, 0.25) is 0 Å². The standard InChI is InChI=1S/C32H56N8.C4H10O2.C4H10O/c1-2-10-18-17(9-1)25-33-26(18)38-28-21-13-5-6-14-22(21)30(35-28)40-32-24-16-8-7-15-23(24)31(36-32)39-29-20-12-4-3-11-19(20)27(34-29)37-25;1-5-3-4-6-2;1-3-5-4-2/h17-40H,1-16H2;3-4H2,1-2H3;3-4H2,1-2H3. The van der Waals surface area contributed by atoms with Gasteiger partial charge in [-0.15, -0.1) is 0 Å². The van der Waals surface area contributed by atoms with Gasteiger partial charge >= 0.3 is 0 Å². The molecular weight excluding hydrogens is 640 g/mol. The third-order valence-corrected chi connectivity index (χ3v) is 14.7. The molecule has 8 unspecified atom stereocenters. The quantitative estimate of drug-likeness (QED) is 0.198. The van der Waals surface area contributed by atoms with Crippen LogP contribution in [-0.4, -0.2) is 90.0 Å². The molecule has 9 aliphatic rings. The molecule has 0 amide bonds. The number of rotatable bonds is 5. The largest absolute Gasteiger partial charge is 0.382 e. The van der Waals surface area contributed by atoms with Gasteiger partial charge in [0, 0.05) is 27.4 Å². The second kappa shape index (κ2) is 18.9. The summed E-state index contributed by atoms with van der Waals surface area (Å²) in [5.74, 6) is 5.97. The van der Waals surface area contributed by atoms with Gasteiger partial charge < -0.3 is 14.2 Å². The monoisotopic (exact) mass is 717 g/mol. The molecule has 11 heteroatoms. The van der Waals surface area contributed by atoms with Crippen LogP contribution >= 0.6 is 0 Å². The van der Waals surface area contributed by atoms with Crippen molar-refractivity contribution in [2.24, 2.45) is 47.3 Å². The van der Waals surface area contributed by atoms with Gasteiger partial charge in [-0.3, -0.25) is 42.5 Å². The van der Waals surface area contributed by atoms with E-state index >= 15 is 0 Å². The molecule has 0 aromatic rings. The highest BCUT2D eigenvalue weighted by molar-refractivity contribution is 5.08. The van der Waals surface area contributed by atoms with Gasteiger partial charge in [0.05, 0.1) is 62.5 Å². The number of fused-ring (bicyclic) bond motifs is 20. The van der Waals surface area contributed by atoms with E-state index in [1.54, 1.807) is 14.2 Å². The van der Waals surface area contributed by atoms with Crippen LogP contribution in [0.15, 0.2) is 0 Å². The Balaban J connectivity index is 0.000000325. The molecule has 5 saturated heterocycles. The van der Waals surface area contributed by atoms with E-state index in [9.17, 15) is 0 Å². The van der Waals surface area contributed by atoms with Gasteiger partial charge in [0.15, 0.2) is 0 Å². The molecule has 51 heavy (non-hydrogen) atoms. The Labute approximate surface area is 310 Å². The first kappa shape index (κ1) is 38.8. The summed E-state index contributed by atoms with van der Waals surface area (Å²) in [7, 11) is 3.30. The maximum Gasteiger partial charge on any atom is 0.0696 e. The summed E-state index contributed by atoms with van der Waals surface area (Å²) in [5.41, 5.74) is 0. The summed E-state index contributed by atoms with van der Waals surface area (Å²) in [6, 6.07) is 0. The molecule has 0 radical (unpaired) electrons. The Bertz CT molecular complexity index is 830. The second-order valence-electron chi connectivity index (χ2n) is 17.4. The minimum absolute atomic E-state index is 0.420. The highest BCUT2D eigenvalue weighted by atomic mass is 16.5. The molecule has 294 valence electrons. The molecular formula is C40H76N8O3. The maximum absolute atomic E-state index is 4.83. The zero-order valence-corrected chi connectivity index (χ0v) is 32.6. The highest BCUT2D eigenvalue weighted by Gasteiger charge is 2.54. The van der Waals surface area contributed by atoms with Crippen molar-refractivity contribution in [3.05, 3.63) is 0 Å². The molecule has 0 aromatic carbocycles. The van der Waals surface area contributed by atoms with Crippen molar-refractivity contribution in [1.29, 1.82) is 0 Å². The molecule has 0 aromatic heterocycles. The predicted octanol–water partition coefficient (Wildman–Crippen LogP) is 3.93. The number of hydrogen-bond acceptors (Lipinski definition) is 11. The van der Waals surface area contributed by atoms with Crippen LogP contribution in [0.5, 0.6) is 0 Å². The number of nitrogens with one attached hydrogen (secondary N) is 8. The van der Waals surface area contributed by atoms with Crippen LogP contribution in [0.4, 0.5) is 0 Å². The molecule has 9 fully saturated rings. The lowest BCUT2D eigenvalue weighted by atomic mass is 9.76. The van der Waals surface area contributed by atoms with Crippen molar-refractivity contribution in [2.45, 2.75) is 166 Å².